The van der Waals surface area contributed by atoms with Gasteiger partial charge >= 0.3 is 12.1 Å². The summed E-state index contributed by atoms with van der Waals surface area (Å²) in [5.74, 6) is 0.842. The molecule has 1 aromatic carbocycles. The number of piperazine rings is 1. The molecular formula is C38H53N9O4. The van der Waals surface area contributed by atoms with E-state index in [-0.39, 0.29) is 24.8 Å². The molecule has 7 rings (SSSR count). The maximum Gasteiger partial charge on any atom is 0.410 e. The van der Waals surface area contributed by atoms with Gasteiger partial charge in [0.2, 0.25) is 0 Å². The smallest absolute Gasteiger partial charge is 0.410 e. The summed E-state index contributed by atoms with van der Waals surface area (Å²) < 4.78 is 20.3. The van der Waals surface area contributed by atoms with Crippen LogP contribution in [0.2, 0.25) is 0 Å². The third-order valence-corrected chi connectivity index (χ3v) is 11.0. The lowest BCUT2D eigenvalue weighted by atomic mass is 9.99. The number of amides is 1. The highest BCUT2D eigenvalue weighted by molar-refractivity contribution is 5.95. The van der Waals surface area contributed by atoms with Crippen LogP contribution in [-0.2, 0) is 22.4 Å². The Kier molecular flexibility index (Phi) is 10.0. The zero-order valence-corrected chi connectivity index (χ0v) is 31.2. The lowest BCUT2D eigenvalue weighted by molar-refractivity contribution is -0.0366. The van der Waals surface area contributed by atoms with Gasteiger partial charge in [-0.05, 0) is 104 Å². The average molecular weight is 700 g/mol. The van der Waals surface area contributed by atoms with Crippen LogP contribution in [0.1, 0.15) is 87.9 Å². The van der Waals surface area contributed by atoms with Crippen molar-refractivity contribution in [2.24, 2.45) is 0 Å². The second-order valence-electron chi connectivity index (χ2n) is 15.7. The van der Waals surface area contributed by atoms with Crippen LogP contribution in [0.25, 0.3) is 10.9 Å². The number of likely N-dealkylation sites (tertiary alicyclic amines) is 1. The predicted octanol–water partition coefficient (Wildman–Crippen LogP) is 5.52. The quantitative estimate of drug-likeness (QED) is 0.310. The van der Waals surface area contributed by atoms with E-state index in [2.05, 4.69) is 52.4 Å². The van der Waals surface area contributed by atoms with E-state index < -0.39 is 5.60 Å². The van der Waals surface area contributed by atoms with Crippen LogP contribution >= 0.6 is 0 Å². The number of anilines is 2. The van der Waals surface area contributed by atoms with Crippen LogP contribution < -0.4 is 14.5 Å². The number of benzene rings is 1. The predicted molar refractivity (Wildman–Crippen MR) is 195 cm³/mol. The Morgan fingerprint density at radius 3 is 2.63 bits per heavy atom. The van der Waals surface area contributed by atoms with Gasteiger partial charge < -0.3 is 33.8 Å². The van der Waals surface area contributed by atoms with Gasteiger partial charge in [0.15, 0.2) is 6.23 Å². The first-order valence-corrected chi connectivity index (χ1v) is 18.7. The fourth-order valence-corrected chi connectivity index (χ4v) is 8.11. The highest BCUT2D eigenvalue weighted by atomic mass is 16.6. The molecule has 3 fully saturated rings. The Balaban J connectivity index is 1.21. The van der Waals surface area contributed by atoms with Gasteiger partial charge in [0.25, 0.3) is 0 Å². The summed E-state index contributed by atoms with van der Waals surface area (Å²) >= 11 is 0. The molecule has 0 N–H and O–H groups in total. The summed E-state index contributed by atoms with van der Waals surface area (Å²) in [6.45, 7) is 15.2. The Hall–Kier alpha value is -4.15. The molecule has 3 aromatic rings. The van der Waals surface area contributed by atoms with E-state index in [1.165, 1.54) is 16.8 Å². The summed E-state index contributed by atoms with van der Waals surface area (Å²) in [6.07, 6.45) is 7.99. The van der Waals surface area contributed by atoms with Crippen molar-refractivity contribution in [3.05, 3.63) is 34.6 Å². The Labute approximate surface area is 301 Å². The second-order valence-corrected chi connectivity index (χ2v) is 15.7. The van der Waals surface area contributed by atoms with Crippen molar-refractivity contribution in [1.29, 1.82) is 5.26 Å². The van der Waals surface area contributed by atoms with E-state index >= 15 is 0 Å². The van der Waals surface area contributed by atoms with Crippen molar-refractivity contribution in [2.45, 2.75) is 110 Å². The first kappa shape index (κ1) is 35.3. The summed E-state index contributed by atoms with van der Waals surface area (Å²) in [6, 6.07) is 4.93. The summed E-state index contributed by atoms with van der Waals surface area (Å²) in [4.78, 5) is 32.0. The van der Waals surface area contributed by atoms with E-state index in [9.17, 15) is 10.1 Å². The van der Waals surface area contributed by atoms with Crippen molar-refractivity contribution in [3.63, 3.8) is 0 Å². The third kappa shape index (κ3) is 7.31. The number of aromatic nitrogens is 4. The minimum absolute atomic E-state index is 0.0390. The summed E-state index contributed by atoms with van der Waals surface area (Å²) in [7, 11) is 2.14. The SMILES string of the molecule is Cc1cc2c(cnn2C2CCCCO2)c(N2CCc3c(nc(OC[C@@H]4CCCN4C)nc3N3CCN(C(=O)OC(C)(C)C)[C@@H](CC#N)C3)C2)c1C. The van der Waals surface area contributed by atoms with Crippen molar-refractivity contribution >= 4 is 28.5 Å². The Morgan fingerprint density at radius 2 is 1.90 bits per heavy atom. The van der Waals surface area contributed by atoms with E-state index in [0.29, 0.717) is 44.8 Å². The minimum Gasteiger partial charge on any atom is -0.462 e. The zero-order valence-electron chi connectivity index (χ0n) is 31.2. The van der Waals surface area contributed by atoms with Crippen LogP contribution in [0.15, 0.2) is 12.3 Å². The standard InChI is InChI=1S/C38H53N9O4/c1-25-20-32-30(21-40-47(32)33-11-7-8-19-49-33)34(26(25)2)44-16-13-29-31(23-44)41-36(50-24-28-10-9-15-43(28)6)42-35(29)45-17-18-46(27(22-45)12-14-39)37(48)51-38(3,4)5/h20-21,27-28,33H,7-13,15-19,22-24H2,1-6H3/t27-,28-,33?/m0/s1. The summed E-state index contributed by atoms with van der Waals surface area (Å²) in [5, 5.41) is 15.7. The van der Waals surface area contributed by atoms with E-state index in [1.807, 2.05) is 27.0 Å². The first-order chi connectivity index (χ1) is 24.5. The van der Waals surface area contributed by atoms with Gasteiger partial charge in [-0.3, -0.25) is 0 Å². The monoisotopic (exact) mass is 699 g/mol. The molecule has 13 nitrogen and oxygen atoms in total. The largest absolute Gasteiger partial charge is 0.462 e. The van der Waals surface area contributed by atoms with E-state index in [0.717, 1.165) is 86.2 Å². The third-order valence-electron chi connectivity index (χ3n) is 11.0. The number of carbonyl (C=O) groups is 1. The number of nitrogens with zero attached hydrogens (tertiary/aromatic N) is 9. The number of rotatable bonds is 7. The molecule has 51 heavy (non-hydrogen) atoms. The lowest BCUT2D eigenvalue weighted by Gasteiger charge is -2.42. The molecule has 3 atom stereocenters. The number of fused-ring (bicyclic) bond motifs is 2. The molecule has 4 aliphatic heterocycles. The van der Waals surface area contributed by atoms with Gasteiger partial charge in [0.05, 0.1) is 48.2 Å². The first-order valence-electron chi connectivity index (χ1n) is 18.7. The normalized spacial score (nSPS) is 23.0. The molecule has 274 valence electrons. The van der Waals surface area contributed by atoms with Gasteiger partial charge in [-0.15, -0.1) is 0 Å². The molecule has 0 spiro atoms. The molecule has 13 heteroatoms. The highest BCUT2D eigenvalue weighted by Crippen LogP contribution is 2.39. The summed E-state index contributed by atoms with van der Waals surface area (Å²) in [5.41, 5.74) is 6.18. The van der Waals surface area contributed by atoms with Gasteiger partial charge in [-0.2, -0.15) is 20.3 Å². The van der Waals surface area contributed by atoms with Crippen molar-refractivity contribution in [1.82, 2.24) is 29.5 Å². The van der Waals surface area contributed by atoms with E-state index in [1.54, 1.807) is 4.90 Å². The number of nitriles is 1. The number of aryl methyl sites for hydroxylation is 1. The van der Waals surface area contributed by atoms with Crippen molar-refractivity contribution in [3.8, 4) is 12.1 Å². The Morgan fingerprint density at radius 1 is 1.06 bits per heavy atom. The molecule has 2 aromatic heterocycles. The minimum atomic E-state index is -0.619. The molecule has 3 saturated heterocycles. The fourth-order valence-electron chi connectivity index (χ4n) is 8.11. The molecule has 0 bridgehead atoms. The molecule has 1 unspecified atom stereocenters. The van der Waals surface area contributed by atoms with E-state index in [4.69, 9.17) is 29.3 Å². The molecular weight excluding hydrogens is 646 g/mol. The second kappa shape index (κ2) is 14.5. The molecule has 0 radical (unpaired) electrons. The highest BCUT2D eigenvalue weighted by Gasteiger charge is 2.36. The van der Waals surface area contributed by atoms with Gasteiger partial charge in [-0.1, -0.05) is 0 Å². The van der Waals surface area contributed by atoms with Crippen LogP contribution in [0.3, 0.4) is 0 Å². The maximum absolute atomic E-state index is 13.2. The number of likely N-dealkylation sites (N-methyl/N-ethyl adjacent to an activating group) is 1. The van der Waals surface area contributed by atoms with Crippen molar-refractivity contribution < 1.29 is 19.0 Å². The van der Waals surface area contributed by atoms with Gasteiger partial charge in [0.1, 0.15) is 18.0 Å². The number of carbonyl (C=O) groups excluding carboxylic acids is 1. The van der Waals surface area contributed by atoms with Gasteiger partial charge in [0, 0.05) is 49.8 Å². The molecule has 0 aliphatic carbocycles. The number of hydrogen-bond acceptors (Lipinski definition) is 11. The van der Waals surface area contributed by atoms with Crippen LogP contribution in [0.4, 0.5) is 16.3 Å². The van der Waals surface area contributed by atoms with Crippen molar-refractivity contribution in [2.75, 3.05) is 62.8 Å². The molecule has 6 heterocycles. The average Bonchev–Trinajstić information content (AvgIpc) is 3.72. The zero-order chi connectivity index (χ0) is 35.9. The lowest BCUT2D eigenvalue weighted by Crippen LogP contribution is -2.56. The molecule has 4 aliphatic rings. The van der Waals surface area contributed by atoms with Crippen LogP contribution in [0, 0.1) is 25.2 Å². The van der Waals surface area contributed by atoms with Crippen LogP contribution in [0.5, 0.6) is 6.01 Å². The maximum atomic E-state index is 13.2. The van der Waals surface area contributed by atoms with Crippen LogP contribution in [-0.4, -0.2) is 106 Å². The number of ether oxygens (including phenoxy) is 3. The Bertz CT molecular complexity index is 1790. The fraction of sp³-hybridized carbons (Fsp3) is 0.658. The number of hydrogen-bond donors (Lipinski definition) is 0. The topological polar surface area (TPSA) is 125 Å². The molecule has 1 amide bonds. The molecule has 0 saturated carbocycles. The van der Waals surface area contributed by atoms with Gasteiger partial charge in [-0.25, -0.2) is 9.48 Å².